The molecule has 1 aliphatic heterocycles. The Morgan fingerprint density at radius 3 is 2.43 bits per heavy atom. The Balaban J connectivity index is 1.96. The van der Waals surface area contributed by atoms with Crippen molar-refractivity contribution in [2.45, 2.75) is 25.5 Å². The van der Waals surface area contributed by atoms with Crippen LogP contribution in [0.4, 0.5) is 0 Å². The summed E-state index contributed by atoms with van der Waals surface area (Å²) >= 11 is 0. The highest BCUT2D eigenvalue weighted by Crippen LogP contribution is 2.29. The van der Waals surface area contributed by atoms with E-state index in [1.165, 1.54) is 0 Å². The van der Waals surface area contributed by atoms with Crippen molar-refractivity contribution in [3.63, 3.8) is 0 Å². The lowest BCUT2D eigenvalue weighted by atomic mass is 9.93. The number of nitrogens with zero attached hydrogens (tertiary/aromatic N) is 1. The van der Waals surface area contributed by atoms with Gasteiger partial charge in [-0.05, 0) is 31.0 Å². The van der Waals surface area contributed by atoms with Gasteiger partial charge in [-0.25, -0.2) is 4.99 Å². The molecular weight excluding hydrogens is 262 g/mol. The van der Waals surface area contributed by atoms with Crippen LogP contribution in [-0.2, 0) is 10.3 Å². The lowest BCUT2D eigenvalue weighted by Crippen LogP contribution is -2.20. The monoisotopic (exact) mass is 281 g/mol. The average molecular weight is 281 g/mol. The first kappa shape index (κ1) is 13.8. The molecule has 1 N–H and O–H groups in total. The highest BCUT2D eigenvalue weighted by molar-refractivity contribution is 5.97. The van der Waals surface area contributed by atoms with Crippen LogP contribution in [-0.4, -0.2) is 17.6 Å². The van der Waals surface area contributed by atoms with Crippen molar-refractivity contribution in [1.29, 1.82) is 0 Å². The molecule has 0 radical (unpaired) electrons. The zero-order valence-electron chi connectivity index (χ0n) is 12.3. The predicted octanol–water partition coefficient (Wildman–Crippen LogP) is 3.43. The number of benzene rings is 2. The Bertz CT molecular complexity index is 656. The largest absolute Gasteiger partial charge is 0.475 e. The van der Waals surface area contributed by atoms with Gasteiger partial charge in [0.25, 0.3) is 0 Å². The summed E-state index contributed by atoms with van der Waals surface area (Å²) in [5.74, 6) is 0.613. The molecule has 0 bridgehead atoms. The smallest absolute Gasteiger partial charge is 0.217 e. The minimum Gasteiger partial charge on any atom is -0.475 e. The van der Waals surface area contributed by atoms with Gasteiger partial charge in [0.1, 0.15) is 12.6 Å². The number of aliphatic hydroxyl groups is 1. The molecular formula is C18H19NO2. The molecule has 1 heterocycles. The topological polar surface area (TPSA) is 41.8 Å². The minimum absolute atomic E-state index is 0.0241. The fourth-order valence-electron chi connectivity index (χ4n) is 2.57. The minimum atomic E-state index is -0.923. The molecule has 0 fully saturated rings. The van der Waals surface area contributed by atoms with Gasteiger partial charge in [0.05, 0.1) is 5.60 Å². The van der Waals surface area contributed by atoms with E-state index in [1.807, 2.05) is 42.5 Å². The maximum atomic E-state index is 10.3. The van der Waals surface area contributed by atoms with Gasteiger partial charge in [-0.3, -0.25) is 0 Å². The summed E-state index contributed by atoms with van der Waals surface area (Å²) in [5, 5.41) is 10.3. The third-order valence-electron chi connectivity index (χ3n) is 3.65. The molecule has 3 rings (SSSR count). The summed E-state index contributed by atoms with van der Waals surface area (Å²) in [6.45, 7) is 4.09. The molecule has 1 atom stereocenters. The van der Waals surface area contributed by atoms with Gasteiger partial charge in [0.2, 0.25) is 5.90 Å². The number of rotatable bonds is 3. The van der Waals surface area contributed by atoms with Crippen molar-refractivity contribution in [1.82, 2.24) is 0 Å². The maximum absolute atomic E-state index is 10.3. The van der Waals surface area contributed by atoms with E-state index in [9.17, 15) is 5.11 Å². The molecule has 3 heteroatoms. The molecule has 108 valence electrons. The van der Waals surface area contributed by atoms with Crippen molar-refractivity contribution in [2.75, 3.05) is 6.61 Å². The Morgan fingerprint density at radius 1 is 1.05 bits per heavy atom. The number of aliphatic imine (C=N–C) groups is 1. The molecule has 0 spiro atoms. The van der Waals surface area contributed by atoms with E-state index in [1.54, 1.807) is 13.8 Å². The quantitative estimate of drug-likeness (QED) is 0.936. The van der Waals surface area contributed by atoms with E-state index in [0.29, 0.717) is 12.5 Å². The van der Waals surface area contributed by atoms with Crippen molar-refractivity contribution in [2.24, 2.45) is 4.99 Å². The van der Waals surface area contributed by atoms with Crippen LogP contribution >= 0.6 is 0 Å². The van der Waals surface area contributed by atoms with Crippen LogP contribution < -0.4 is 0 Å². The second kappa shape index (κ2) is 5.34. The Hall–Kier alpha value is -2.13. The Morgan fingerprint density at radius 2 is 1.71 bits per heavy atom. The highest BCUT2D eigenvalue weighted by atomic mass is 16.5. The van der Waals surface area contributed by atoms with Crippen LogP contribution in [0.15, 0.2) is 59.6 Å². The maximum Gasteiger partial charge on any atom is 0.217 e. The molecule has 2 aromatic carbocycles. The predicted molar refractivity (Wildman–Crippen MR) is 83.4 cm³/mol. The summed E-state index contributed by atoms with van der Waals surface area (Å²) in [6.07, 6.45) is 0. The van der Waals surface area contributed by atoms with Crippen molar-refractivity contribution in [3.05, 3.63) is 71.3 Å². The molecule has 0 unspecified atom stereocenters. The number of hydrogen-bond acceptors (Lipinski definition) is 3. The third-order valence-corrected chi connectivity index (χ3v) is 3.65. The average Bonchev–Trinajstić information content (AvgIpc) is 2.97. The fourth-order valence-corrected chi connectivity index (χ4v) is 2.57. The molecule has 3 nitrogen and oxygen atoms in total. The van der Waals surface area contributed by atoms with Gasteiger partial charge >= 0.3 is 0 Å². The van der Waals surface area contributed by atoms with E-state index in [0.717, 1.165) is 16.7 Å². The van der Waals surface area contributed by atoms with Gasteiger partial charge in [-0.1, -0.05) is 48.5 Å². The van der Waals surface area contributed by atoms with E-state index in [-0.39, 0.29) is 6.04 Å². The molecule has 0 aromatic heterocycles. The van der Waals surface area contributed by atoms with Crippen molar-refractivity contribution < 1.29 is 9.84 Å². The van der Waals surface area contributed by atoms with Crippen LogP contribution in [0.3, 0.4) is 0 Å². The standard InChI is InChI=1S/C18H19NO2/c1-18(2,20)15-11-7-6-10-14(15)17-19-16(12-21-17)13-8-4-3-5-9-13/h3-11,16,20H,12H2,1-2H3/t16-/m0/s1. The van der Waals surface area contributed by atoms with Gasteiger partial charge in [0.15, 0.2) is 0 Å². The molecule has 0 saturated heterocycles. The number of hydrogen-bond donors (Lipinski definition) is 1. The molecule has 0 saturated carbocycles. The van der Waals surface area contributed by atoms with Crippen molar-refractivity contribution >= 4 is 5.90 Å². The van der Waals surface area contributed by atoms with Crippen LogP contribution in [0.25, 0.3) is 0 Å². The van der Waals surface area contributed by atoms with Crippen LogP contribution in [0.1, 0.15) is 36.6 Å². The molecule has 0 amide bonds. The highest BCUT2D eigenvalue weighted by Gasteiger charge is 2.27. The summed E-state index contributed by atoms with van der Waals surface area (Å²) < 4.78 is 5.78. The summed E-state index contributed by atoms with van der Waals surface area (Å²) in [6, 6.07) is 17.9. The Kier molecular flexibility index (Phi) is 3.52. The molecule has 0 aliphatic carbocycles. The van der Waals surface area contributed by atoms with Crippen LogP contribution in [0.5, 0.6) is 0 Å². The fraction of sp³-hybridized carbons (Fsp3) is 0.278. The first-order valence-electron chi connectivity index (χ1n) is 7.13. The Labute approximate surface area is 124 Å². The van der Waals surface area contributed by atoms with Gasteiger partial charge in [-0.15, -0.1) is 0 Å². The van der Waals surface area contributed by atoms with E-state index in [2.05, 4.69) is 17.1 Å². The lowest BCUT2D eigenvalue weighted by molar-refractivity contribution is 0.0781. The first-order chi connectivity index (χ1) is 10.1. The summed E-state index contributed by atoms with van der Waals surface area (Å²) in [5.41, 5.74) is 1.92. The van der Waals surface area contributed by atoms with Crippen LogP contribution in [0.2, 0.25) is 0 Å². The van der Waals surface area contributed by atoms with Crippen molar-refractivity contribution in [3.8, 4) is 0 Å². The van der Waals surface area contributed by atoms with Gasteiger partial charge < -0.3 is 9.84 Å². The molecule has 21 heavy (non-hydrogen) atoms. The second-order valence-corrected chi connectivity index (χ2v) is 5.78. The summed E-state index contributed by atoms with van der Waals surface area (Å²) in [7, 11) is 0. The second-order valence-electron chi connectivity index (χ2n) is 5.78. The normalized spacial score (nSPS) is 18.2. The lowest BCUT2D eigenvalue weighted by Gasteiger charge is -2.21. The van der Waals surface area contributed by atoms with Gasteiger partial charge in [-0.2, -0.15) is 0 Å². The zero-order valence-corrected chi connectivity index (χ0v) is 12.3. The van der Waals surface area contributed by atoms with E-state index < -0.39 is 5.60 Å². The molecule has 1 aliphatic rings. The molecule has 2 aromatic rings. The first-order valence-corrected chi connectivity index (χ1v) is 7.13. The SMILES string of the molecule is CC(C)(O)c1ccccc1C1=N[C@H](c2ccccc2)CO1. The van der Waals surface area contributed by atoms with E-state index >= 15 is 0 Å². The third kappa shape index (κ3) is 2.83. The van der Waals surface area contributed by atoms with Crippen LogP contribution in [0, 0.1) is 0 Å². The van der Waals surface area contributed by atoms with E-state index in [4.69, 9.17) is 4.74 Å². The number of ether oxygens (including phenoxy) is 1. The zero-order chi connectivity index (χ0) is 14.9. The van der Waals surface area contributed by atoms with Gasteiger partial charge in [0, 0.05) is 5.56 Å². The summed E-state index contributed by atoms with van der Waals surface area (Å²) in [4.78, 5) is 4.69.